The Balaban J connectivity index is 1.73. The van der Waals surface area contributed by atoms with Gasteiger partial charge in [-0.1, -0.05) is 17.7 Å². The largest absolute Gasteiger partial charge is 0.465 e. The van der Waals surface area contributed by atoms with E-state index in [1.165, 1.54) is 31.4 Å². The highest BCUT2D eigenvalue weighted by molar-refractivity contribution is 7.98. The van der Waals surface area contributed by atoms with Gasteiger partial charge in [-0.3, -0.25) is 0 Å². The molecule has 0 N–H and O–H groups in total. The summed E-state index contributed by atoms with van der Waals surface area (Å²) in [5.41, 5.74) is 2.11. The van der Waals surface area contributed by atoms with Gasteiger partial charge >= 0.3 is 11.9 Å². The molecule has 0 saturated heterocycles. The van der Waals surface area contributed by atoms with Crippen molar-refractivity contribution in [1.29, 1.82) is 0 Å². The zero-order valence-electron chi connectivity index (χ0n) is 14.7. The van der Waals surface area contributed by atoms with Crippen molar-refractivity contribution >= 4 is 46.2 Å². The van der Waals surface area contributed by atoms with Crippen LogP contribution < -0.4 is 0 Å². The number of rotatable bonds is 5. The summed E-state index contributed by atoms with van der Waals surface area (Å²) in [5, 5.41) is 1.22. The number of halogens is 1. The molecule has 27 heavy (non-hydrogen) atoms. The van der Waals surface area contributed by atoms with E-state index >= 15 is 0 Å². The van der Waals surface area contributed by atoms with Gasteiger partial charge in [-0.15, -0.1) is 11.8 Å². The number of ether oxygens (including phenoxy) is 2. The molecule has 0 aliphatic heterocycles. The Kier molecular flexibility index (Phi) is 5.98. The average Bonchev–Trinajstić information content (AvgIpc) is 2.71. The minimum atomic E-state index is -0.514. The first-order chi connectivity index (χ1) is 13.0. The second-order valence-electron chi connectivity index (χ2n) is 5.64. The molecule has 0 fully saturated rings. The third-order valence-electron chi connectivity index (χ3n) is 3.95. The van der Waals surface area contributed by atoms with Crippen molar-refractivity contribution in [1.82, 2.24) is 4.98 Å². The van der Waals surface area contributed by atoms with E-state index in [9.17, 15) is 9.59 Å². The Labute approximate surface area is 165 Å². The molecule has 5 nitrogen and oxygen atoms in total. The van der Waals surface area contributed by atoms with E-state index in [-0.39, 0.29) is 6.61 Å². The lowest BCUT2D eigenvalue weighted by atomic mass is 10.1. The fraction of sp³-hybridized carbons (Fsp3) is 0.150. The second-order valence-corrected chi connectivity index (χ2v) is 6.88. The van der Waals surface area contributed by atoms with E-state index in [2.05, 4.69) is 9.72 Å². The highest BCUT2D eigenvalue weighted by Gasteiger charge is 2.12. The summed E-state index contributed by atoms with van der Waals surface area (Å²) in [6.07, 6.45) is 1.99. The third-order valence-corrected chi connectivity index (χ3v) is 5.00. The molecule has 0 radical (unpaired) electrons. The van der Waals surface area contributed by atoms with Gasteiger partial charge in [0.2, 0.25) is 0 Å². The number of carbonyl (C=O) groups excluding carboxylic acids is 2. The van der Waals surface area contributed by atoms with Crippen molar-refractivity contribution in [2.45, 2.75) is 11.5 Å². The van der Waals surface area contributed by atoms with Crippen LogP contribution >= 0.6 is 23.4 Å². The monoisotopic (exact) mass is 401 g/mol. The highest BCUT2D eigenvalue weighted by Crippen LogP contribution is 2.25. The number of carbonyl (C=O) groups is 2. The van der Waals surface area contributed by atoms with Gasteiger partial charge in [0.1, 0.15) is 11.8 Å². The molecule has 2 aromatic carbocycles. The van der Waals surface area contributed by atoms with Crippen molar-refractivity contribution in [3.63, 3.8) is 0 Å². The number of aromatic nitrogens is 1. The highest BCUT2D eigenvalue weighted by atomic mass is 35.5. The number of pyridine rings is 1. The van der Waals surface area contributed by atoms with Crippen LogP contribution in [0.15, 0.2) is 53.4 Å². The molecule has 3 rings (SSSR count). The zero-order chi connectivity index (χ0) is 19.4. The van der Waals surface area contributed by atoms with Gasteiger partial charge in [-0.25, -0.2) is 14.6 Å². The first-order valence-corrected chi connectivity index (χ1v) is 9.61. The Morgan fingerprint density at radius 1 is 1.04 bits per heavy atom. The Morgan fingerprint density at radius 3 is 2.33 bits per heavy atom. The molecule has 7 heteroatoms. The van der Waals surface area contributed by atoms with Crippen LogP contribution in [0, 0.1) is 0 Å². The topological polar surface area (TPSA) is 65.5 Å². The Hall–Kier alpha value is -2.57. The van der Waals surface area contributed by atoms with E-state index in [4.69, 9.17) is 16.3 Å². The maximum absolute atomic E-state index is 12.2. The van der Waals surface area contributed by atoms with Gasteiger partial charge in [0, 0.05) is 15.8 Å². The molecular formula is C20H16ClNO4S. The predicted octanol–water partition coefficient (Wildman–Crippen LogP) is 4.75. The van der Waals surface area contributed by atoms with Crippen LogP contribution in [0.4, 0.5) is 0 Å². The van der Waals surface area contributed by atoms with Crippen LogP contribution in [0.2, 0.25) is 5.15 Å². The molecule has 0 bridgehead atoms. The van der Waals surface area contributed by atoms with Crippen LogP contribution in [0.3, 0.4) is 0 Å². The molecular weight excluding hydrogens is 386 g/mol. The molecule has 138 valence electrons. The summed E-state index contributed by atoms with van der Waals surface area (Å²) >= 11 is 7.87. The van der Waals surface area contributed by atoms with Gasteiger partial charge in [0.05, 0.1) is 23.8 Å². The second kappa shape index (κ2) is 8.41. The quantitative estimate of drug-likeness (QED) is 0.349. The molecule has 0 atom stereocenters. The fourth-order valence-corrected chi connectivity index (χ4v) is 3.12. The summed E-state index contributed by atoms with van der Waals surface area (Å²) in [6.45, 7) is 0.00361. The van der Waals surface area contributed by atoms with E-state index in [0.717, 1.165) is 15.8 Å². The van der Waals surface area contributed by atoms with Crippen molar-refractivity contribution in [2.24, 2.45) is 0 Å². The van der Waals surface area contributed by atoms with E-state index in [1.807, 2.05) is 30.5 Å². The fourth-order valence-electron chi connectivity index (χ4n) is 2.48. The molecule has 1 aromatic heterocycles. The predicted molar refractivity (Wildman–Crippen MR) is 105 cm³/mol. The summed E-state index contributed by atoms with van der Waals surface area (Å²) in [7, 11) is 1.30. The van der Waals surface area contributed by atoms with E-state index in [0.29, 0.717) is 21.8 Å². The van der Waals surface area contributed by atoms with Gasteiger partial charge in [-0.2, -0.15) is 0 Å². The number of thioether (sulfide) groups is 1. The van der Waals surface area contributed by atoms with Crippen LogP contribution in [-0.4, -0.2) is 30.3 Å². The normalized spacial score (nSPS) is 10.6. The SMILES string of the molecule is COC(=O)c1ccc(C(=O)OCc2cc3ccc(SC)cc3nc2Cl)cc1. The minimum Gasteiger partial charge on any atom is -0.465 e. The number of nitrogens with zero attached hydrogens (tertiary/aromatic N) is 1. The molecule has 0 aliphatic rings. The van der Waals surface area contributed by atoms with Gasteiger partial charge < -0.3 is 9.47 Å². The van der Waals surface area contributed by atoms with E-state index < -0.39 is 11.9 Å². The molecule has 0 saturated carbocycles. The zero-order valence-corrected chi connectivity index (χ0v) is 16.3. The molecule has 0 spiro atoms. The molecule has 3 aromatic rings. The van der Waals surface area contributed by atoms with Gasteiger partial charge in [-0.05, 0) is 48.7 Å². The number of methoxy groups -OCH3 is 1. The number of hydrogen-bond donors (Lipinski definition) is 0. The Bertz CT molecular complexity index is 1000. The van der Waals surface area contributed by atoms with Crippen molar-refractivity contribution in [3.05, 3.63) is 70.4 Å². The summed E-state index contributed by atoms with van der Waals surface area (Å²) in [6, 6.07) is 13.8. The molecule has 0 aliphatic carbocycles. The van der Waals surface area contributed by atoms with Crippen molar-refractivity contribution < 1.29 is 19.1 Å². The maximum Gasteiger partial charge on any atom is 0.338 e. The number of esters is 2. The van der Waals surface area contributed by atoms with Crippen LogP contribution in [0.5, 0.6) is 0 Å². The van der Waals surface area contributed by atoms with Crippen LogP contribution in [-0.2, 0) is 16.1 Å². The van der Waals surface area contributed by atoms with Crippen LogP contribution in [0.25, 0.3) is 10.9 Å². The average molecular weight is 402 g/mol. The maximum atomic E-state index is 12.2. The smallest absolute Gasteiger partial charge is 0.338 e. The lowest BCUT2D eigenvalue weighted by Crippen LogP contribution is -2.07. The summed E-state index contributed by atoms with van der Waals surface area (Å²) in [5.74, 6) is -0.978. The first-order valence-electron chi connectivity index (χ1n) is 8.00. The molecule has 0 amide bonds. The lowest BCUT2D eigenvalue weighted by molar-refractivity contribution is 0.0471. The van der Waals surface area contributed by atoms with Crippen LogP contribution in [0.1, 0.15) is 26.3 Å². The van der Waals surface area contributed by atoms with Gasteiger partial charge in [0.15, 0.2) is 0 Å². The number of benzene rings is 2. The summed E-state index contributed by atoms with van der Waals surface area (Å²) < 4.78 is 9.96. The van der Waals surface area contributed by atoms with Gasteiger partial charge in [0.25, 0.3) is 0 Å². The molecule has 1 heterocycles. The third kappa shape index (κ3) is 4.40. The number of hydrogen-bond acceptors (Lipinski definition) is 6. The van der Waals surface area contributed by atoms with Crippen molar-refractivity contribution in [3.8, 4) is 0 Å². The standard InChI is InChI=1S/C20H16ClNO4S/c1-25-19(23)12-3-5-13(6-4-12)20(24)26-11-15-9-14-7-8-16(27-2)10-17(14)22-18(15)21/h3-10H,11H2,1-2H3. The minimum absolute atomic E-state index is 0.00361. The lowest BCUT2D eigenvalue weighted by Gasteiger charge is -2.09. The molecule has 0 unspecified atom stereocenters. The summed E-state index contributed by atoms with van der Waals surface area (Å²) in [4.78, 5) is 29.1. The first kappa shape index (κ1) is 19.2. The van der Waals surface area contributed by atoms with E-state index in [1.54, 1.807) is 11.8 Å². The number of fused-ring (bicyclic) bond motifs is 1. The Morgan fingerprint density at radius 2 is 1.70 bits per heavy atom. The van der Waals surface area contributed by atoms with Crippen molar-refractivity contribution in [2.75, 3.05) is 13.4 Å².